The summed E-state index contributed by atoms with van der Waals surface area (Å²) in [4.78, 5) is 14.6. The first-order chi connectivity index (χ1) is 14.1. The van der Waals surface area contributed by atoms with Crippen LogP contribution < -0.4 is 9.64 Å². The predicted molar refractivity (Wildman–Crippen MR) is 122 cm³/mol. The number of fused-ring (bicyclic) bond motifs is 1. The first-order valence-corrected chi connectivity index (χ1v) is 10.5. The molecule has 0 bridgehead atoms. The van der Waals surface area contributed by atoms with Gasteiger partial charge in [0.1, 0.15) is 12.4 Å². The second-order valence-electron chi connectivity index (χ2n) is 6.73. The van der Waals surface area contributed by atoms with Crippen molar-refractivity contribution in [3.05, 3.63) is 92.9 Å². The number of hydrogen-bond acceptors (Lipinski definition) is 2. The number of rotatable bonds is 5. The number of nitrogens with zero attached hydrogens (tertiary/aromatic N) is 1. The van der Waals surface area contributed by atoms with Gasteiger partial charge in [-0.1, -0.05) is 63.9 Å². The Bertz CT molecular complexity index is 1090. The standard InChI is InChI=1S/C24H19BrClNO2/c1-2-27-22-6-4-3-5-19(22)20(24(27)28)13-17-9-12-23(21(26)14-17)29-15-16-7-10-18(25)11-8-16/h3-14H,2,15H2,1H3/b20-13-. The number of anilines is 1. The Labute approximate surface area is 183 Å². The smallest absolute Gasteiger partial charge is 0.258 e. The van der Waals surface area contributed by atoms with Crippen LogP contribution in [0.25, 0.3) is 11.6 Å². The topological polar surface area (TPSA) is 29.5 Å². The Morgan fingerprint density at radius 1 is 1.07 bits per heavy atom. The van der Waals surface area contributed by atoms with E-state index in [-0.39, 0.29) is 5.91 Å². The highest BCUT2D eigenvalue weighted by Crippen LogP contribution is 2.38. The lowest BCUT2D eigenvalue weighted by molar-refractivity contribution is -0.112. The number of ether oxygens (including phenoxy) is 1. The van der Waals surface area contributed by atoms with Gasteiger partial charge in [-0.2, -0.15) is 0 Å². The number of hydrogen-bond donors (Lipinski definition) is 0. The molecule has 0 radical (unpaired) electrons. The van der Waals surface area contributed by atoms with E-state index in [0.29, 0.717) is 29.5 Å². The highest BCUT2D eigenvalue weighted by atomic mass is 79.9. The van der Waals surface area contributed by atoms with Crippen LogP contribution in [0, 0.1) is 0 Å². The fourth-order valence-electron chi connectivity index (χ4n) is 3.39. The minimum absolute atomic E-state index is 0.0142. The van der Waals surface area contributed by atoms with Crippen LogP contribution in [0.3, 0.4) is 0 Å². The maximum atomic E-state index is 12.8. The predicted octanol–water partition coefficient (Wildman–Crippen LogP) is 6.59. The molecular weight excluding hydrogens is 450 g/mol. The molecule has 0 aromatic heterocycles. The summed E-state index contributed by atoms with van der Waals surface area (Å²) in [5.41, 5.74) is 4.50. The van der Waals surface area contributed by atoms with Gasteiger partial charge in [0.05, 0.1) is 10.7 Å². The molecule has 0 atom stereocenters. The highest BCUT2D eigenvalue weighted by molar-refractivity contribution is 9.10. The van der Waals surface area contributed by atoms with Gasteiger partial charge < -0.3 is 9.64 Å². The number of benzene rings is 3. The number of carbonyl (C=O) groups excluding carboxylic acids is 1. The fraction of sp³-hybridized carbons (Fsp3) is 0.125. The van der Waals surface area contributed by atoms with Gasteiger partial charge in [-0.05, 0) is 54.5 Å². The van der Waals surface area contributed by atoms with E-state index < -0.39 is 0 Å². The molecule has 0 saturated carbocycles. The van der Waals surface area contributed by atoms with Crippen LogP contribution in [0.4, 0.5) is 5.69 Å². The van der Waals surface area contributed by atoms with Crippen molar-refractivity contribution in [2.24, 2.45) is 0 Å². The van der Waals surface area contributed by atoms with Crippen LogP contribution in [0.1, 0.15) is 23.6 Å². The number of carbonyl (C=O) groups is 1. The van der Waals surface area contributed by atoms with Crippen LogP contribution in [0.2, 0.25) is 5.02 Å². The summed E-state index contributed by atoms with van der Waals surface area (Å²) in [6, 6.07) is 21.4. The minimum atomic E-state index is 0.0142. The molecule has 1 aliphatic heterocycles. The van der Waals surface area contributed by atoms with Crippen molar-refractivity contribution in [3.63, 3.8) is 0 Å². The number of likely N-dealkylation sites (N-methyl/N-ethyl adjacent to an activating group) is 1. The summed E-state index contributed by atoms with van der Waals surface area (Å²) >= 11 is 9.87. The van der Waals surface area contributed by atoms with E-state index in [9.17, 15) is 4.79 Å². The molecular formula is C24H19BrClNO2. The molecule has 4 rings (SSSR count). The lowest BCUT2D eigenvalue weighted by atomic mass is 10.0. The van der Waals surface area contributed by atoms with E-state index in [2.05, 4.69) is 15.9 Å². The first kappa shape index (κ1) is 19.7. The average Bonchev–Trinajstić information content (AvgIpc) is 2.99. The van der Waals surface area contributed by atoms with E-state index in [1.165, 1.54) is 0 Å². The van der Waals surface area contributed by atoms with Crippen molar-refractivity contribution in [1.82, 2.24) is 0 Å². The molecule has 29 heavy (non-hydrogen) atoms. The first-order valence-electron chi connectivity index (χ1n) is 9.36. The second-order valence-corrected chi connectivity index (χ2v) is 8.05. The van der Waals surface area contributed by atoms with E-state index >= 15 is 0 Å². The van der Waals surface area contributed by atoms with Gasteiger partial charge in [0.2, 0.25) is 0 Å². The summed E-state index contributed by atoms with van der Waals surface area (Å²) < 4.78 is 6.89. The molecule has 0 aliphatic carbocycles. The molecule has 1 aliphatic rings. The maximum Gasteiger partial charge on any atom is 0.258 e. The second kappa shape index (κ2) is 8.44. The lowest BCUT2D eigenvalue weighted by Crippen LogP contribution is -2.25. The van der Waals surface area contributed by atoms with E-state index in [1.807, 2.05) is 79.7 Å². The van der Waals surface area contributed by atoms with Gasteiger partial charge >= 0.3 is 0 Å². The van der Waals surface area contributed by atoms with Gasteiger partial charge in [0.15, 0.2) is 0 Å². The van der Waals surface area contributed by atoms with E-state index in [4.69, 9.17) is 16.3 Å². The van der Waals surface area contributed by atoms with Crippen molar-refractivity contribution in [3.8, 4) is 5.75 Å². The van der Waals surface area contributed by atoms with Gasteiger partial charge in [0, 0.05) is 22.2 Å². The third kappa shape index (κ3) is 4.09. The molecule has 1 amide bonds. The molecule has 5 heteroatoms. The van der Waals surface area contributed by atoms with E-state index in [0.717, 1.165) is 26.9 Å². The summed E-state index contributed by atoms with van der Waals surface area (Å²) in [6.45, 7) is 3.05. The third-order valence-corrected chi connectivity index (χ3v) is 5.68. The molecule has 0 fully saturated rings. The number of amides is 1. The summed E-state index contributed by atoms with van der Waals surface area (Å²) in [7, 11) is 0. The van der Waals surface area contributed by atoms with Crippen LogP contribution in [0.5, 0.6) is 5.75 Å². The van der Waals surface area contributed by atoms with Crippen molar-refractivity contribution in [2.45, 2.75) is 13.5 Å². The Morgan fingerprint density at radius 3 is 2.55 bits per heavy atom. The van der Waals surface area contributed by atoms with Gasteiger partial charge in [-0.15, -0.1) is 0 Å². The number of para-hydroxylation sites is 1. The van der Waals surface area contributed by atoms with Crippen LogP contribution in [-0.4, -0.2) is 12.5 Å². The molecule has 0 N–H and O–H groups in total. The number of halogens is 2. The fourth-order valence-corrected chi connectivity index (χ4v) is 3.90. The molecule has 0 spiro atoms. The lowest BCUT2D eigenvalue weighted by Gasteiger charge is -2.13. The summed E-state index contributed by atoms with van der Waals surface area (Å²) in [6.07, 6.45) is 1.89. The molecule has 3 nitrogen and oxygen atoms in total. The van der Waals surface area contributed by atoms with Gasteiger partial charge in [-0.25, -0.2) is 0 Å². The maximum absolute atomic E-state index is 12.8. The quantitative estimate of drug-likeness (QED) is 0.395. The van der Waals surface area contributed by atoms with Crippen LogP contribution in [-0.2, 0) is 11.4 Å². The Hall–Kier alpha value is -2.56. The van der Waals surface area contributed by atoms with Crippen LogP contribution in [0.15, 0.2) is 71.2 Å². The zero-order valence-corrected chi connectivity index (χ0v) is 18.2. The molecule has 146 valence electrons. The van der Waals surface area contributed by atoms with Gasteiger partial charge in [0.25, 0.3) is 5.91 Å². The SMILES string of the molecule is CCN1C(=O)/C(=C\c2ccc(OCc3ccc(Br)cc3)c(Cl)c2)c2ccccc21. The zero-order valence-electron chi connectivity index (χ0n) is 15.9. The zero-order chi connectivity index (χ0) is 20.4. The van der Waals surface area contributed by atoms with E-state index in [1.54, 1.807) is 4.90 Å². The molecule has 3 aromatic rings. The Balaban J connectivity index is 1.56. The van der Waals surface area contributed by atoms with Gasteiger partial charge in [-0.3, -0.25) is 4.79 Å². The van der Waals surface area contributed by atoms with Crippen molar-refractivity contribution < 1.29 is 9.53 Å². The van der Waals surface area contributed by atoms with Crippen molar-refractivity contribution in [2.75, 3.05) is 11.4 Å². The molecule has 3 aromatic carbocycles. The molecule has 0 unspecified atom stereocenters. The summed E-state index contributed by atoms with van der Waals surface area (Å²) in [5, 5.41) is 0.516. The largest absolute Gasteiger partial charge is 0.487 e. The molecule has 1 heterocycles. The van der Waals surface area contributed by atoms with Crippen molar-refractivity contribution >= 4 is 50.8 Å². The minimum Gasteiger partial charge on any atom is -0.487 e. The normalized spacial score (nSPS) is 14.4. The Kier molecular flexibility index (Phi) is 5.74. The third-order valence-electron chi connectivity index (χ3n) is 4.85. The Morgan fingerprint density at radius 2 is 1.83 bits per heavy atom. The van der Waals surface area contributed by atoms with Crippen molar-refractivity contribution in [1.29, 1.82) is 0 Å². The average molecular weight is 469 g/mol. The van der Waals surface area contributed by atoms with Crippen LogP contribution >= 0.6 is 27.5 Å². The highest BCUT2D eigenvalue weighted by Gasteiger charge is 2.30. The molecule has 0 saturated heterocycles. The monoisotopic (exact) mass is 467 g/mol. The summed E-state index contributed by atoms with van der Waals surface area (Å²) in [5.74, 6) is 0.630.